The van der Waals surface area contributed by atoms with Crippen LogP contribution in [0.2, 0.25) is 0 Å². The molecule has 0 heteroatoms. The zero-order valence-electron chi connectivity index (χ0n) is 9.80. The van der Waals surface area contributed by atoms with Crippen molar-refractivity contribution in [1.29, 1.82) is 0 Å². The van der Waals surface area contributed by atoms with E-state index in [4.69, 9.17) is 0 Å². The fourth-order valence-electron chi connectivity index (χ4n) is 2.34. The lowest BCUT2D eigenvalue weighted by molar-refractivity contribution is 1.13. The van der Waals surface area contributed by atoms with E-state index >= 15 is 0 Å². The molecule has 0 amide bonds. The average Bonchev–Trinajstić information content (AvgIpc) is 2.28. The Morgan fingerprint density at radius 2 is 1.53 bits per heavy atom. The summed E-state index contributed by atoms with van der Waals surface area (Å²) in [5.74, 6) is 0. The molecule has 2 aromatic carbocycles. The predicted octanol–water partition coefficient (Wildman–Crippen LogP) is 4.27. The van der Waals surface area contributed by atoms with E-state index in [9.17, 15) is 0 Å². The Labute approximate surface area is 91.9 Å². The first-order valence-corrected chi connectivity index (χ1v) is 5.78. The minimum atomic E-state index is 1.12. The lowest BCUT2D eigenvalue weighted by Gasteiger charge is -2.11. The molecule has 0 radical (unpaired) electrons. The van der Waals surface area contributed by atoms with Gasteiger partial charge >= 0.3 is 0 Å². The number of benzene rings is 2. The average molecular weight is 198 g/mol. The van der Waals surface area contributed by atoms with Crippen LogP contribution in [-0.2, 0) is 12.8 Å². The molecule has 2 rings (SSSR count). The second-order valence-corrected chi connectivity index (χ2v) is 4.09. The van der Waals surface area contributed by atoms with Gasteiger partial charge < -0.3 is 0 Å². The van der Waals surface area contributed by atoms with E-state index in [0.29, 0.717) is 0 Å². The van der Waals surface area contributed by atoms with Crippen molar-refractivity contribution in [3.05, 3.63) is 47.0 Å². The molecule has 0 aliphatic carbocycles. The molecule has 0 fully saturated rings. The van der Waals surface area contributed by atoms with Crippen LogP contribution in [0.5, 0.6) is 0 Å². The Kier molecular flexibility index (Phi) is 2.77. The van der Waals surface area contributed by atoms with E-state index < -0.39 is 0 Å². The van der Waals surface area contributed by atoms with E-state index in [0.717, 1.165) is 12.8 Å². The van der Waals surface area contributed by atoms with E-state index in [2.05, 4.69) is 51.1 Å². The fourth-order valence-corrected chi connectivity index (χ4v) is 2.34. The van der Waals surface area contributed by atoms with Gasteiger partial charge in [0.2, 0.25) is 0 Å². The summed E-state index contributed by atoms with van der Waals surface area (Å²) in [5, 5.41) is 2.91. The van der Waals surface area contributed by atoms with Gasteiger partial charge in [-0.15, -0.1) is 0 Å². The molecule has 0 aliphatic heterocycles. The van der Waals surface area contributed by atoms with E-state index in [1.807, 2.05) is 0 Å². The zero-order chi connectivity index (χ0) is 10.8. The fraction of sp³-hybridized carbons (Fsp3) is 0.333. The number of hydrogen-bond donors (Lipinski definition) is 0. The van der Waals surface area contributed by atoms with Crippen molar-refractivity contribution in [2.24, 2.45) is 0 Å². The molecule has 0 saturated heterocycles. The van der Waals surface area contributed by atoms with E-state index in [-0.39, 0.29) is 0 Å². The molecule has 0 nitrogen and oxygen atoms in total. The summed E-state index contributed by atoms with van der Waals surface area (Å²) >= 11 is 0. The van der Waals surface area contributed by atoms with Crippen LogP contribution < -0.4 is 0 Å². The van der Waals surface area contributed by atoms with Gasteiger partial charge in [0.05, 0.1) is 0 Å². The molecule has 2 aromatic rings. The normalized spacial score (nSPS) is 10.9. The Bertz CT molecular complexity index is 481. The summed E-state index contributed by atoms with van der Waals surface area (Å²) < 4.78 is 0. The molecule has 0 N–H and O–H groups in total. The maximum atomic E-state index is 2.29. The number of hydrogen-bond acceptors (Lipinski definition) is 0. The van der Waals surface area contributed by atoms with Crippen molar-refractivity contribution in [3.63, 3.8) is 0 Å². The molecule has 0 aliphatic rings. The number of rotatable bonds is 2. The van der Waals surface area contributed by atoms with Crippen LogP contribution in [0, 0.1) is 6.92 Å². The Morgan fingerprint density at radius 1 is 0.867 bits per heavy atom. The van der Waals surface area contributed by atoms with Gasteiger partial charge in [0, 0.05) is 0 Å². The maximum absolute atomic E-state index is 2.29. The van der Waals surface area contributed by atoms with Gasteiger partial charge in [-0.3, -0.25) is 0 Å². The monoisotopic (exact) mass is 198 g/mol. The highest BCUT2D eigenvalue weighted by Crippen LogP contribution is 2.26. The van der Waals surface area contributed by atoms with Gasteiger partial charge in [-0.05, 0) is 47.2 Å². The van der Waals surface area contributed by atoms with Crippen LogP contribution >= 0.6 is 0 Å². The lowest BCUT2D eigenvalue weighted by Crippen LogP contribution is -1.91. The SMILES string of the molecule is CCc1ccc(CC)c2c(C)cccc12. The first-order chi connectivity index (χ1) is 7.27. The van der Waals surface area contributed by atoms with E-state index in [1.54, 1.807) is 0 Å². The predicted molar refractivity (Wildman–Crippen MR) is 67.4 cm³/mol. The highest BCUT2D eigenvalue weighted by atomic mass is 14.1. The summed E-state index contributed by atoms with van der Waals surface area (Å²) in [6, 6.07) is 11.2. The van der Waals surface area contributed by atoms with Crippen LogP contribution in [0.4, 0.5) is 0 Å². The largest absolute Gasteiger partial charge is 0.0614 e. The minimum absolute atomic E-state index is 1.12. The van der Waals surface area contributed by atoms with Crippen LogP contribution in [0.3, 0.4) is 0 Å². The van der Waals surface area contributed by atoms with Gasteiger partial charge in [-0.2, -0.15) is 0 Å². The standard InChI is InChI=1S/C15H18/c1-4-12-9-10-13(5-2)15-11(3)7-6-8-14(12)15/h6-10H,4-5H2,1-3H3. The highest BCUT2D eigenvalue weighted by Gasteiger charge is 2.05. The van der Waals surface area contributed by atoms with Crippen molar-refractivity contribution < 1.29 is 0 Å². The molecule has 0 aromatic heterocycles. The van der Waals surface area contributed by atoms with Gasteiger partial charge in [-0.25, -0.2) is 0 Å². The topological polar surface area (TPSA) is 0 Å². The summed E-state index contributed by atoms with van der Waals surface area (Å²) in [6.45, 7) is 6.66. The van der Waals surface area contributed by atoms with Crippen LogP contribution in [-0.4, -0.2) is 0 Å². The smallest absolute Gasteiger partial charge is 0.0120 e. The second-order valence-electron chi connectivity index (χ2n) is 4.09. The quantitative estimate of drug-likeness (QED) is 0.676. The third-order valence-corrected chi connectivity index (χ3v) is 3.19. The molecule has 0 heterocycles. The molecule has 0 atom stereocenters. The van der Waals surface area contributed by atoms with Crippen molar-refractivity contribution in [2.75, 3.05) is 0 Å². The minimum Gasteiger partial charge on any atom is -0.0614 e. The van der Waals surface area contributed by atoms with Gasteiger partial charge in [-0.1, -0.05) is 44.2 Å². The molecular formula is C15H18. The number of fused-ring (bicyclic) bond motifs is 1. The Hall–Kier alpha value is -1.30. The molecule has 0 unspecified atom stereocenters. The summed E-state index contributed by atoms with van der Waals surface area (Å²) in [5.41, 5.74) is 4.34. The molecule has 15 heavy (non-hydrogen) atoms. The third kappa shape index (κ3) is 1.65. The van der Waals surface area contributed by atoms with Crippen molar-refractivity contribution in [2.45, 2.75) is 33.6 Å². The number of aryl methyl sites for hydroxylation is 3. The Balaban J connectivity index is 2.86. The first kappa shape index (κ1) is 10.2. The summed E-state index contributed by atoms with van der Waals surface area (Å²) in [4.78, 5) is 0. The van der Waals surface area contributed by atoms with Crippen LogP contribution in [0.1, 0.15) is 30.5 Å². The Morgan fingerprint density at radius 3 is 2.20 bits per heavy atom. The van der Waals surface area contributed by atoms with Crippen molar-refractivity contribution in [1.82, 2.24) is 0 Å². The third-order valence-electron chi connectivity index (χ3n) is 3.19. The van der Waals surface area contributed by atoms with Crippen LogP contribution in [0.15, 0.2) is 30.3 Å². The molecule has 0 saturated carbocycles. The summed E-state index contributed by atoms with van der Waals surface area (Å²) in [6.07, 6.45) is 2.23. The molecule has 78 valence electrons. The van der Waals surface area contributed by atoms with E-state index in [1.165, 1.54) is 27.5 Å². The van der Waals surface area contributed by atoms with Crippen LogP contribution in [0.25, 0.3) is 10.8 Å². The first-order valence-electron chi connectivity index (χ1n) is 5.78. The maximum Gasteiger partial charge on any atom is -0.0120 e. The van der Waals surface area contributed by atoms with Crippen molar-refractivity contribution >= 4 is 10.8 Å². The van der Waals surface area contributed by atoms with Gasteiger partial charge in [0.25, 0.3) is 0 Å². The molecule has 0 spiro atoms. The molecule has 0 bridgehead atoms. The van der Waals surface area contributed by atoms with Crippen molar-refractivity contribution in [3.8, 4) is 0 Å². The summed E-state index contributed by atoms with van der Waals surface area (Å²) in [7, 11) is 0. The lowest BCUT2D eigenvalue weighted by atomic mass is 9.94. The zero-order valence-corrected chi connectivity index (χ0v) is 9.80. The molecular weight excluding hydrogens is 180 g/mol. The highest BCUT2D eigenvalue weighted by molar-refractivity contribution is 5.91. The second kappa shape index (κ2) is 4.06. The van der Waals surface area contributed by atoms with Gasteiger partial charge in [0.1, 0.15) is 0 Å². The van der Waals surface area contributed by atoms with Gasteiger partial charge in [0.15, 0.2) is 0 Å².